The van der Waals surface area contributed by atoms with E-state index in [1.807, 2.05) is 6.07 Å². The van der Waals surface area contributed by atoms with Crippen LogP contribution in [0.25, 0.3) is 11.0 Å². The van der Waals surface area contributed by atoms with E-state index in [2.05, 4.69) is 30.3 Å². The maximum atomic E-state index is 12.0. The average molecular weight is 366 g/mol. The van der Waals surface area contributed by atoms with Gasteiger partial charge in [0.15, 0.2) is 0 Å². The van der Waals surface area contributed by atoms with Gasteiger partial charge in [-0.3, -0.25) is 0 Å². The van der Waals surface area contributed by atoms with Crippen molar-refractivity contribution in [2.24, 2.45) is 0 Å². The zero-order valence-corrected chi connectivity index (χ0v) is 15.6. The van der Waals surface area contributed by atoms with E-state index in [4.69, 9.17) is 4.42 Å². The highest BCUT2D eigenvalue weighted by atomic mass is 16.4. The van der Waals surface area contributed by atoms with E-state index in [9.17, 15) is 9.90 Å². The summed E-state index contributed by atoms with van der Waals surface area (Å²) in [5.74, 6) is 0.160. The summed E-state index contributed by atoms with van der Waals surface area (Å²) in [4.78, 5) is 15.1. The standard InChI is InChI=1S/C22H24N2O3/c1-16-20(25)8-7-19-18(13-21(26)27-22(16)19)15-24-11-9-23(10-12-24)14-17-5-3-2-4-6-17/h2-8,13,25H,9-12,14-15H2,1H3/p+2. The minimum absolute atomic E-state index is 0.160. The number of quaternary nitrogens is 2. The molecule has 4 rings (SSSR count). The number of piperazine rings is 1. The number of aromatic hydroxyl groups is 1. The van der Waals surface area contributed by atoms with Gasteiger partial charge in [-0.25, -0.2) is 4.79 Å². The highest BCUT2D eigenvalue weighted by Gasteiger charge is 2.24. The molecule has 5 heteroatoms. The molecule has 1 fully saturated rings. The second-order valence-corrected chi connectivity index (χ2v) is 7.52. The molecule has 2 aromatic carbocycles. The number of phenolic OH excluding ortho intramolecular Hbond substituents is 1. The lowest BCUT2D eigenvalue weighted by molar-refractivity contribution is -1.02. The van der Waals surface area contributed by atoms with Gasteiger partial charge < -0.3 is 19.3 Å². The van der Waals surface area contributed by atoms with Crippen molar-refractivity contribution >= 4 is 11.0 Å². The third-order valence-corrected chi connectivity index (χ3v) is 5.62. The molecule has 5 nitrogen and oxygen atoms in total. The first-order chi connectivity index (χ1) is 13.1. The summed E-state index contributed by atoms with van der Waals surface area (Å²) in [5, 5.41) is 10.8. The molecular formula is C22H26N2O3+2. The van der Waals surface area contributed by atoms with Crippen LogP contribution in [0, 0.1) is 6.92 Å². The number of hydrogen-bond acceptors (Lipinski definition) is 3. The Labute approximate surface area is 158 Å². The summed E-state index contributed by atoms with van der Waals surface area (Å²) >= 11 is 0. The van der Waals surface area contributed by atoms with Crippen LogP contribution in [-0.4, -0.2) is 31.3 Å². The summed E-state index contributed by atoms with van der Waals surface area (Å²) in [5.41, 5.74) is 3.17. The number of fused-ring (bicyclic) bond motifs is 1. The van der Waals surface area contributed by atoms with Crippen molar-refractivity contribution in [1.82, 2.24) is 0 Å². The lowest BCUT2D eigenvalue weighted by Gasteiger charge is -2.30. The van der Waals surface area contributed by atoms with Gasteiger partial charge in [0.2, 0.25) is 0 Å². The molecule has 1 saturated heterocycles. The van der Waals surface area contributed by atoms with E-state index in [1.54, 1.807) is 24.0 Å². The Morgan fingerprint density at radius 2 is 1.63 bits per heavy atom. The number of rotatable bonds is 4. The summed E-state index contributed by atoms with van der Waals surface area (Å²) in [6.45, 7) is 8.09. The van der Waals surface area contributed by atoms with Crippen molar-refractivity contribution in [1.29, 1.82) is 0 Å². The zero-order valence-electron chi connectivity index (χ0n) is 15.6. The molecule has 2 heterocycles. The minimum Gasteiger partial charge on any atom is -0.508 e. The van der Waals surface area contributed by atoms with Gasteiger partial charge in [-0.05, 0) is 19.1 Å². The molecular weight excluding hydrogens is 340 g/mol. The van der Waals surface area contributed by atoms with Crippen molar-refractivity contribution in [3.05, 3.63) is 75.6 Å². The van der Waals surface area contributed by atoms with E-state index in [0.29, 0.717) is 11.1 Å². The first-order valence-electron chi connectivity index (χ1n) is 9.56. The van der Waals surface area contributed by atoms with Crippen LogP contribution in [0.5, 0.6) is 5.75 Å². The Kier molecular flexibility index (Phi) is 4.97. The molecule has 0 spiro atoms. The monoisotopic (exact) mass is 366 g/mol. The predicted octanol–water partition coefficient (Wildman–Crippen LogP) is 0.291. The SMILES string of the molecule is Cc1c(O)ccc2c(C[NH+]3CC[NH+](Cc4ccccc4)CC3)cc(=O)oc12. The molecule has 0 unspecified atom stereocenters. The molecule has 1 aromatic heterocycles. The largest absolute Gasteiger partial charge is 0.508 e. The smallest absolute Gasteiger partial charge is 0.336 e. The van der Waals surface area contributed by atoms with Crippen molar-refractivity contribution in [2.45, 2.75) is 20.0 Å². The summed E-state index contributed by atoms with van der Waals surface area (Å²) < 4.78 is 5.36. The molecule has 1 aliphatic rings. The molecule has 0 radical (unpaired) electrons. The molecule has 0 bridgehead atoms. The van der Waals surface area contributed by atoms with Gasteiger partial charge in [0, 0.05) is 28.1 Å². The molecule has 1 aliphatic heterocycles. The van der Waals surface area contributed by atoms with E-state index < -0.39 is 0 Å². The van der Waals surface area contributed by atoms with E-state index in [-0.39, 0.29) is 11.4 Å². The van der Waals surface area contributed by atoms with Gasteiger partial charge in [-0.15, -0.1) is 0 Å². The Bertz CT molecular complexity index is 990. The maximum absolute atomic E-state index is 12.0. The third-order valence-electron chi connectivity index (χ3n) is 5.62. The predicted molar refractivity (Wildman–Crippen MR) is 104 cm³/mol. The molecule has 27 heavy (non-hydrogen) atoms. The fraction of sp³-hybridized carbons (Fsp3) is 0.318. The molecule has 3 aromatic rings. The maximum Gasteiger partial charge on any atom is 0.336 e. The van der Waals surface area contributed by atoms with Gasteiger partial charge in [-0.2, -0.15) is 0 Å². The molecule has 0 saturated carbocycles. The summed E-state index contributed by atoms with van der Waals surface area (Å²) in [7, 11) is 0. The molecule has 140 valence electrons. The first kappa shape index (κ1) is 17.8. The van der Waals surface area contributed by atoms with E-state index in [1.165, 1.54) is 10.5 Å². The molecule has 0 amide bonds. The molecule has 3 N–H and O–H groups in total. The van der Waals surface area contributed by atoms with Gasteiger partial charge in [-0.1, -0.05) is 30.3 Å². The topological polar surface area (TPSA) is 59.3 Å². The average Bonchev–Trinajstić information content (AvgIpc) is 2.67. The second kappa shape index (κ2) is 7.55. The van der Waals surface area contributed by atoms with Gasteiger partial charge in [0.25, 0.3) is 0 Å². The quantitative estimate of drug-likeness (QED) is 0.582. The molecule has 0 atom stereocenters. The van der Waals surface area contributed by atoms with Crippen LogP contribution >= 0.6 is 0 Å². The van der Waals surface area contributed by atoms with Crippen molar-refractivity contribution in [2.75, 3.05) is 26.2 Å². The van der Waals surface area contributed by atoms with E-state index in [0.717, 1.165) is 50.2 Å². The second-order valence-electron chi connectivity index (χ2n) is 7.52. The Morgan fingerprint density at radius 1 is 0.963 bits per heavy atom. The highest BCUT2D eigenvalue weighted by molar-refractivity contribution is 5.84. The fourth-order valence-electron chi connectivity index (χ4n) is 4.03. The number of hydrogen-bond donors (Lipinski definition) is 3. The third kappa shape index (κ3) is 3.89. The Hall–Kier alpha value is -2.63. The van der Waals surface area contributed by atoms with Crippen LogP contribution in [-0.2, 0) is 13.1 Å². The van der Waals surface area contributed by atoms with Crippen LogP contribution < -0.4 is 15.4 Å². The van der Waals surface area contributed by atoms with Crippen LogP contribution in [0.4, 0.5) is 0 Å². The lowest BCUT2D eigenvalue weighted by Crippen LogP contribution is -3.27. The summed E-state index contributed by atoms with van der Waals surface area (Å²) in [6, 6.07) is 15.8. The van der Waals surface area contributed by atoms with Crippen LogP contribution in [0.1, 0.15) is 16.7 Å². The van der Waals surface area contributed by atoms with Crippen molar-refractivity contribution in [3.63, 3.8) is 0 Å². The summed E-state index contributed by atoms with van der Waals surface area (Å²) in [6.07, 6.45) is 0. The van der Waals surface area contributed by atoms with Gasteiger partial charge in [0.1, 0.15) is 50.6 Å². The van der Waals surface area contributed by atoms with Crippen molar-refractivity contribution in [3.8, 4) is 5.75 Å². The van der Waals surface area contributed by atoms with Crippen LogP contribution in [0.3, 0.4) is 0 Å². The van der Waals surface area contributed by atoms with Crippen LogP contribution in [0.2, 0.25) is 0 Å². The Morgan fingerprint density at radius 3 is 2.33 bits per heavy atom. The van der Waals surface area contributed by atoms with Crippen molar-refractivity contribution < 1.29 is 19.3 Å². The Balaban J connectivity index is 1.46. The first-order valence-corrected chi connectivity index (χ1v) is 9.56. The van der Waals surface area contributed by atoms with E-state index >= 15 is 0 Å². The normalized spacial score (nSPS) is 20.0. The number of benzene rings is 2. The fourth-order valence-corrected chi connectivity index (χ4v) is 4.03. The minimum atomic E-state index is -0.348. The number of nitrogens with one attached hydrogen (secondary N) is 2. The zero-order chi connectivity index (χ0) is 18.8. The van der Waals surface area contributed by atoms with Crippen LogP contribution in [0.15, 0.2) is 57.7 Å². The highest BCUT2D eigenvalue weighted by Crippen LogP contribution is 2.26. The number of aryl methyl sites for hydroxylation is 1. The number of phenols is 1. The lowest BCUT2D eigenvalue weighted by atomic mass is 10.1. The van der Waals surface area contributed by atoms with Gasteiger partial charge in [0.05, 0.1) is 0 Å². The van der Waals surface area contributed by atoms with Gasteiger partial charge >= 0.3 is 5.63 Å². The molecule has 0 aliphatic carbocycles.